The Bertz CT molecular complexity index is 138. The molecule has 0 aliphatic carbocycles. The van der Waals surface area contributed by atoms with E-state index in [0.29, 0.717) is 0 Å². The predicted molar refractivity (Wildman–Crippen MR) is 96.0 cm³/mol. The van der Waals surface area contributed by atoms with Gasteiger partial charge in [-0.25, -0.2) is 0 Å². The summed E-state index contributed by atoms with van der Waals surface area (Å²) < 4.78 is 0. The Morgan fingerprint density at radius 2 is 0.750 bits per heavy atom. The Morgan fingerprint density at radius 3 is 1.05 bits per heavy atom. The molecule has 0 spiro atoms. The van der Waals surface area contributed by atoms with E-state index in [9.17, 15) is 0 Å². The fourth-order valence-corrected chi connectivity index (χ4v) is 3.45. The van der Waals surface area contributed by atoms with E-state index in [-0.39, 0.29) is 0 Å². The molecule has 20 heavy (non-hydrogen) atoms. The first-order valence-electron chi connectivity index (χ1n) is 9.56. The molecule has 1 heteroatoms. The largest absolute Gasteiger partial charge is 0.0733 e. The Hall–Kier alpha value is 0.217. The van der Waals surface area contributed by atoms with Gasteiger partial charge in [0.1, 0.15) is 0 Å². The van der Waals surface area contributed by atoms with Crippen molar-refractivity contribution in [2.24, 2.45) is 0 Å². The van der Waals surface area contributed by atoms with Crippen LogP contribution in [0.15, 0.2) is 0 Å². The van der Waals surface area contributed by atoms with Gasteiger partial charge in [-0.15, -0.1) is 0 Å². The fourth-order valence-electron chi connectivity index (χ4n) is 2.85. The van der Waals surface area contributed by atoms with Crippen molar-refractivity contribution in [1.29, 1.82) is 0 Å². The molecule has 0 atom stereocenters. The van der Waals surface area contributed by atoms with Gasteiger partial charge in [0.2, 0.25) is 0 Å². The lowest BCUT2D eigenvalue weighted by Crippen LogP contribution is -1.84. The van der Waals surface area contributed by atoms with Gasteiger partial charge in [0.25, 0.3) is 0 Å². The third kappa shape index (κ3) is 18.2. The smallest absolute Gasteiger partial charge is 0.0342 e. The molecule has 0 N–H and O–H groups in total. The van der Waals surface area contributed by atoms with Crippen molar-refractivity contribution in [3.63, 3.8) is 0 Å². The summed E-state index contributed by atoms with van der Waals surface area (Å²) in [4.78, 5) is 0. The van der Waals surface area contributed by atoms with Gasteiger partial charge in [0.05, 0.1) is 0 Å². The molecule has 0 aromatic heterocycles. The molecule has 120 valence electrons. The van der Waals surface area contributed by atoms with Gasteiger partial charge in [-0.3, -0.25) is 0 Å². The highest BCUT2D eigenvalue weighted by atomic mass is 28.2. The molecule has 0 rings (SSSR count). The van der Waals surface area contributed by atoms with Gasteiger partial charge in [-0.1, -0.05) is 122 Å². The lowest BCUT2D eigenvalue weighted by atomic mass is 10.0. The monoisotopic (exact) mass is 296 g/mol. The average molecular weight is 297 g/mol. The second-order valence-corrected chi connectivity index (χ2v) is 7.61. The summed E-state index contributed by atoms with van der Waals surface area (Å²) in [5.74, 6) is 0. The normalized spacial score (nSPS) is 11.1. The molecular weight excluding hydrogens is 256 g/mol. The lowest BCUT2D eigenvalue weighted by molar-refractivity contribution is 0.531. The lowest BCUT2D eigenvalue weighted by Gasteiger charge is -2.03. The maximum atomic E-state index is 2.32. The maximum Gasteiger partial charge on any atom is 0.0342 e. The maximum absolute atomic E-state index is 2.32. The summed E-state index contributed by atoms with van der Waals surface area (Å²) in [6.07, 6.45) is 23.6. The molecule has 0 aliphatic rings. The highest BCUT2D eigenvalue weighted by Crippen LogP contribution is 2.13. The van der Waals surface area contributed by atoms with Crippen LogP contribution in [-0.2, 0) is 0 Å². The second kappa shape index (κ2) is 19.2. The SMILES string of the molecule is CCCCCCCCCCCCCCCCCC[Si]C. The second-order valence-electron chi connectivity index (χ2n) is 6.41. The van der Waals surface area contributed by atoms with Crippen LogP contribution >= 0.6 is 0 Å². The minimum atomic E-state index is 1.17. The highest BCUT2D eigenvalue weighted by molar-refractivity contribution is 6.33. The first-order chi connectivity index (χ1) is 9.91. The highest BCUT2D eigenvalue weighted by Gasteiger charge is 1.94. The van der Waals surface area contributed by atoms with E-state index in [4.69, 9.17) is 0 Å². The molecule has 0 saturated heterocycles. The van der Waals surface area contributed by atoms with Gasteiger partial charge in [-0.2, -0.15) is 0 Å². The zero-order valence-corrected chi connectivity index (χ0v) is 15.5. The van der Waals surface area contributed by atoms with Gasteiger partial charge in [0.15, 0.2) is 0 Å². The quantitative estimate of drug-likeness (QED) is 0.193. The van der Waals surface area contributed by atoms with Crippen molar-refractivity contribution in [3.05, 3.63) is 0 Å². The summed E-state index contributed by atoms with van der Waals surface area (Å²) in [5, 5.41) is 0. The Labute approximate surface area is 132 Å². The third-order valence-electron chi connectivity index (χ3n) is 4.28. The van der Waals surface area contributed by atoms with Gasteiger partial charge in [-0.05, 0) is 0 Å². The Kier molecular flexibility index (Phi) is 19.4. The summed E-state index contributed by atoms with van der Waals surface area (Å²) >= 11 is 0. The van der Waals surface area contributed by atoms with Gasteiger partial charge in [0, 0.05) is 9.52 Å². The minimum absolute atomic E-state index is 1.17. The van der Waals surface area contributed by atoms with Crippen molar-refractivity contribution in [3.8, 4) is 0 Å². The molecule has 0 nitrogen and oxygen atoms in total. The molecule has 0 aromatic rings. The van der Waals surface area contributed by atoms with Crippen LogP contribution in [0.2, 0.25) is 12.6 Å². The van der Waals surface area contributed by atoms with E-state index in [1.807, 2.05) is 0 Å². The molecule has 0 saturated carbocycles. The van der Waals surface area contributed by atoms with E-state index in [2.05, 4.69) is 13.5 Å². The van der Waals surface area contributed by atoms with E-state index in [1.165, 1.54) is 118 Å². The number of hydrogen-bond donors (Lipinski definition) is 0. The van der Waals surface area contributed by atoms with Crippen molar-refractivity contribution >= 4 is 9.52 Å². The molecule has 0 aromatic carbocycles. The Morgan fingerprint density at radius 1 is 0.450 bits per heavy atom. The van der Waals surface area contributed by atoms with Crippen molar-refractivity contribution in [1.82, 2.24) is 0 Å². The van der Waals surface area contributed by atoms with E-state index in [1.54, 1.807) is 0 Å². The van der Waals surface area contributed by atoms with E-state index >= 15 is 0 Å². The predicted octanol–water partition coefficient (Wildman–Crippen LogP) is 7.42. The van der Waals surface area contributed by atoms with E-state index in [0.717, 1.165) is 0 Å². The van der Waals surface area contributed by atoms with Crippen LogP contribution in [0.4, 0.5) is 0 Å². The first kappa shape index (κ1) is 20.2. The van der Waals surface area contributed by atoms with Crippen molar-refractivity contribution < 1.29 is 0 Å². The van der Waals surface area contributed by atoms with Crippen LogP contribution in [0.1, 0.15) is 110 Å². The van der Waals surface area contributed by atoms with Crippen LogP contribution in [0, 0.1) is 0 Å². The summed E-state index contributed by atoms with van der Waals surface area (Å²) in [7, 11) is 1.17. The van der Waals surface area contributed by atoms with Gasteiger partial charge < -0.3 is 0 Å². The molecule has 0 heterocycles. The minimum Gasteiger partial charge on any atom is -0.0733 e. The standard InChI is InChI=1S/C19H40Si/c1-3-4-5-6-7-8-9-10-11-12-13-14-15-16-17-18-19-20-2/h3-19H2,1-2H3. The molecule has 0 bridgehead atoms. The molecule has 0 aliphatic heterocycles. The van der Waals surface area contributed by atoms with Crippen LogP contribution in [-0.4, -0.2) is 9.52 Å². The number of rotatable bonds is 17. The van der Waals surface area contributed by atoms with Crippen LogP contribution in [0.5, 0.6) is 0 Å². The van der Waals surface area contributed by atoms with Crippen molar-refractivity contribution in [2.45, 2.75) is 122 Å². The van der Waals surface area contributed by atoms with Gasteiger partial charge >= 0.3 is 0 Å². The molecule has 0 amide bonds. The summed E-state index contributed by atoms with van der Waals surface area (Å²) in [6, 6.07) is 1.47. The van der Waals surface area contributed by atoms with Crippen LogP contribution in [0.25, 0.3) is 0 Å². The molecular formula is C19H40Si. The average Bonchev–Trinajstić information content (AvgIpc) is 2.47. The summed E-state index contributed by atoms with van der Waals surface area (Å²) in [5.41, 5.74) is 0. The third-order valence-corrected chi connectivity index (χ3v) is 5.13. The fraction of sp³-hybridized carbons (Fsp3) is 1.00. The molecule has 0 unspecified atom stereocenters. The van der Waals surface area contributed by atoms with E-state index < -0.39 is 0 Å². The molecule has 0 fully saturated rings. The first-order valence-corrected chi connectivity index (χ1v) is 11.3. The number of unbranched alkanes of at least 4 members (excludes halogenated alkanes) is 15. The topological polar surface area (TPSA) is 0 Å². The van der Waals surface area contributed by atoms with Crippen LogP contribution in [0.3, 0.4) is 0 Å². The van der Waals surface area contributed by atoms with Crippen molar-refractivity contribution in [2.75, 3.05) is 0 Å². The zero-order chi connectivity index (χ0) is 14.7. The number of hydrogen-bond acceptors (Lipinski definition) is 0. The van der Waals surface area contributed by atoms with Crippen LogP contribution < -0.4 is 0 Å². The summed E-state index contributed by atoms with van der Waals surface area (Å²) in [6.45, 7) is 4.62. The molecule has 2 radical (unpaired) electrons. The Balaban J connectivity index is 2.89. The zero-order valence-electron chi connectivity index (χ0n) is 14.5.